The van der Waals surface area contributed by atoms with Gasteiger partial charge in [0, 0.05) is 20.0 Å². The molecule has 6 heteroatoms. The smallest absolute Gasteiger partial charge is 0.242 e. The molecule has 20 heavy (non-hydrogen) atoms. The van der Waals surface area contributed by atoms with Gasteiger partial charge in [-0.3, -0.25) is 0 Å². The minimum atomic E-state index is -3.39. The highest BCUT2D eigenvalue weighted by Gasteiger charge is 2.36. The zero-order valence-electron chi connectivity index (χ0n) is 11.7. The summed E-state index contributed by atoms with van der Waals surface area (Å²) in [6.07, 6.45) is 1.61. The van der Waals surface area contributed by atoms with Gasteiger partial charge in [0.2, 0.25) is 10.0 Å². The van der Waals surface area contributed by atoms with Crippen LogP contribution >= 0.6 is 12.2 Å². The maximum Gasteiger partial charge on any atom is 0.242 e. The molecular formula is C14H20N2O2S2. The van der Waals surface area contributed by atoms with Crippen LogP contribution in [0.25, 0.3) is 0 Å². The van der Waals surface area contributed by atoms with Crippen molar-refractivity contribution < 1.29 is 8.42 Å². The molecule has 1 aliphatic rings. The summed E-state index contributed by atoms with van der Waals surface area (Å²) in [6.45, 7) is 2.74. The van der Waals surface area contributed by atoms with Crippen LogP contribution in [0.3, 0.4) is 0 Å². The summed E-state index contributed by atoms with van der Waals surface area (Å²) in [5, 5.41) is 0. The third-order valence-corrected chi connectivity index (χ3v) is 5.76. The zero-order chi connectivity index (χ0) is 14.9. The van der Waals surface area contributed by atoms with Crippen LogP contribution < -0.4 is 5.73 Å². The summed E-state index contributed by atoms with van der Waals surface area (Å²) in [5.41, 5.74) is 6.40. The fourth-order valence-corrected chi connectivity index (χ4v) is 3.64. The van der Waals surface area contributed by atoms with E-state index >= 15 is 0 Å². The van der Waals surface area contributed by atoms with E-state index < -0.39 is 10.0 Å². The van der Waals surface area contributed by atoms with Gasteiger partial charge in [0.15, 0.2) is 0 Å². The van der Waals surface area contributed by atoms with Gasteiger partial charge in [0.1, 0.15) is 0 Å². The second kappa shape index (κ2) is 5.79. The first-order valence-electron chi connectivity index (χ1n) is 6.64. The lowest BCUT2D eigenvalue weighted by Gasteiger charge is -2.17. The van der Waals surface area contributed by atoms with Crippen molar-refractivity contribution in [1.82, 2.24) is 4.31 Å². The van der Waals surface area contributed by atoms with Gasteiger partial charge in [-0.2, -0.15) is 0 Å². The lowest BCUT2D eigenvalue weighted by Crippen LogP contribution is -2.29. The number of nitrogens with zero attached hydrogens (tertiary/aromatic N) is 1. The number of hydrogen-bond donors (Lipinski definition) is 1. The summed E-state index contributed by atoms with van der Waals surface area (Å²) in [4.78, 5) is 0.723. The van der Waals surface area contributed by atoms with Crippen LogP contribution in [0.5, 0.6) is 0 Å². The highest BCUT2D eigenvalue weighted by atomic mass is 32.2. The number of benzene rings is 1. The molecule has 1 aliphatic carbocycles. The van der Waals surface area contributed by atoms with Crippen LogP contribution in [0.2, 0.25) is 0 Å². The Hall–Kier alpha value is -0.980. The second-order valence-electron chi connectivity index (χ2n) is 5.55. The van der Waals surface area contributed by atoms with Crippen molar-refractivity contribution in [3.05, 3.63) is 29.8 Å². The first kappa shape index (κ1) is 15.4. The van der Waals surface area contributed by atoms with E-state index in [2.05, 4.69) is 6.92 Å². The van der Waals surface area contributed by atoms with Gasteiger partial charge in [0.25, 0.3) is 0 Å². The molecule has 1 aromatic carbocycles. The molecular weight excluding hydrogens is 292 g/mol. The Morgan fingerprint density at radius 2 is 1.95 bits per heavy atom. The topological polar surface area (TPSA) is 63.4 Å². The van der Waals surface area contributed by atoms with Crippen molar-refractivity contribution in [2.24, 2.45) is 17.6 Å². The van der Waals surface area contributed by atoms with Gasteiger partial charge >= 0.3 is 0 Å². The van der Waals surface area contributed by atoms with E-state index in [1.165, 1.54) is 4.31 Å². The molecule has 0 spiro atoms. The normalized spacial score (nSPS) is 21.9. The van der Waals surface area contributed by atoms with Gasteiger partial charge in [0.05, 0.1) is 9.88 Å². The molecule has 1 fully saturated rings. The van der Waals surface area contributed by atoms with Crippen molar-refractivity contribution in [2.45, 2.75) is 24.7 Å². The van der Waals surface area contributed by atoms with Gasteiger partial charge in [-0.15, -0.1) is 0 Å². The molecule has 2 atom stereocenters. The van der Waals surface area contributed by atoms with Crippen LogP contribution in [-0.4, -0.2) is 31.3 Å². The molecule has 0 aromatic heterocycles. The van der Waals surface area contributed by atoms with Crippen LogP contribution in [-0.2, 0) is 16.4 Å². The van der Waals surface area contributed by atoms with Crippen molar-refractivity contribution in [3.63, 3.8) is 0 Å². The summed E-state index contributed by atoms with van der Waals surface area (Å²) < 4.78 is 26.3. The number of thiocarbonyl (C=S) groups is 1. The molecule has 110 valence electrons. The lowest BCUT2D eigenvalue weighted by atomic mass is 10.1. The first-order chi connectivity index (χ1) is 9.30. The lowest BCUT2D eigenvalue weighted by molar-refractivity contribution is 0.444. The summed E-state index contributed by atoms with van der Waals surface area (Å²) >= 11 is 4.84. The van der Waals surface area contributed by atoms with Crippen molar-refractivity contribution in [2.75, 3.05) is 13.6 Å². The minimum absolute atomic E-state index is 0.319. The molecule has 0 saturated heterocycles. The van der Waals surface area contributed by atoms with Gasteiger partial charge in [-0.25, -0.2) is 12.7 Å². The average molecular weight is 312 g/mol. The van der Waals surface area contributed by atoms with Crippen molar-refractivity contribution in [1.29, 1.82) is 0 Å². The molecule has 0 radical (unpaired) electrons. The maximum absolute atomic E-state index is 12.4. The van der Waals surface area contributed by atoms with Gasteiger partial charge in [-0.1, -0.05) is 31.3 Å². The van der Waals surface area contributed by atoms with E-state index in [4.69, 9.17) is 18.0 Å². The van der Waals surface area contributed by atoms with E-state index in [1.54, 1.807) is 31.3 Å². The van der Waals surface area contributed by atoms with Gasteiger partial charge < -0.3 is 5.73 Å². The number of rotatable bonds is 6. The zero-order valence-corrected chi connectivity index (χ0v) is 13.4. The Morgan fingerprint density at radius 1 is 1.40 bits per heavy atom. The fourth-order valence-electron chi connectivity index (χ4n) is 2.24. The standard InChI is InChI=1S/C14H20N2O2S2/c1-10-7-12(10)9-16(2)20(17,18)13-5-3-11(4-6-13)8-14(15)19/h3-6,10,12H,7-9H2,1-2H3,(H2,15,19). The van der Waals surface area contributed by atoms with E-state index in [9.17, 15) is 8.42 Å². The van der Waals surface area contributed by atoms with Crippen LogP contribution in [0.15, 0.2) is 29.2 Å². The summed E-state index contributed by atoms with van der Waals surface area (Å²) in [5.74, 6) is 1.14. The molecule has 2 N–H and O–H groups in total. The van der Waals surface area contributed by atoms with Gasteiger partial charge in [-0.05, 0) is 36.0 Å². The minimum Gasteiger partial charge on any atom is -0.393 e. The molecule has 0 amide bonds. The molecule has 1 aromatic rings. The van der Waals surface area contributed by atoms with Crippen molar-refractivity contribution in [3.8, 4) is 0 Å². The van der Waals surface area contributed by atoms with E-state index in [0.717, 1.165) is 12.0 Å². The molecule has 2 unspecified atom stereocenters. The molecule has 4 nitrogen and oxygen atoms in total. The fraction of sp³-hybridized carbons (Fsp3) is 0.500. The predicted octanol–water partition coefficient (Wildman–Crippen LogP) is 1.79. The molecule has 1 saturated carbocycles. The Bertz CT molecular complexity index is 596. The first-order valence-corrected chi connectivity index (χ1v) is 8.49. The van der Waals surface area contributed by atoms with Crippen LogP contribution in [0, 0.1) is 11.8 Å². The largest absolute Gasteiger partial charge is 0.393 e. The predicted molar refractivity (Wildman–Crippen MR) is 84.0 cm³/mol. The number of hydrogen-bond acceptors (Lipinski definition) is 3. The van der Waals surface area contributed by atoms with Crippen LogP contribution in [0.4, 0.5) is 0 Å². The SMILES string of the molecule is CC1CC1CN(C)S(=O)(=O)c1ccc(CC(N)=S)cc1. The Morgan fingerprint density at radius 3 is 2.40 bits per heavy atom. The van der Waals surface area contributed by atoms with E-state index in [0.29, 0.717) is 34.7 Å². The van der Waals surface area contributed by atoms with Crippen molar-refractivity contribution >= 4 is 27.2 Å². The maximum atomic E-state index is 12.4. The summed E-state index contributed by atoms with van der Waals surface area (Å²) in [7, 11) is -1.75. The highest BCUT2D eigenvalue weighted by molar-refractivity contribution is 7.89. The molecule has 0 bridgehead atoms. The van der Waals surface area contributed by atoms with E-state index in [-0.39, 0.29) is 0 Å². The molecule has 0 aliphatic heterocycles. The highest BCUT2D eigenvalue weighted by Crippen LogP contribution is 2.38. The molecule has 0 heterocycles. The second-order valence-corrected chi connectivity index (χ2v) is 8.11. The average Bonchev–Trinajstić information content (AvgIpc) is 3.04. The number of sulfonamides is 1. The van der Waals surface area contributed by atoms with Crippen LogP contribution in [0.1, 0.15) is 18.9 Å². The Kier molecular flexibility index (Phi) is 4.46. The third kappa shape index (κ3) is 3.56. The number of nitrogens with two attached hydrogens (primary N) is 1. The van der Waals surface area contributed by atoms with E-state index in [1.807, 2.05) is 0 Å². The molecule has 2 rings (SSSR count). The Labute approximate surface area is 126 Å². The summed E-state index contributed by atoms with van der Waals surface area (Å²) in [6, 6.07) is 6.77. The monoisotopic (exact) mass is 312 g/mol. The third-order valence-electron chi connectivity index (χ3n) is 3.78. The quantitative estimate of drug-likeness (QED) is 0.814. The Balaban J connectivity index is 2.10.